The summed E-state index contributed by atoms with van der Waals surface area (Å²) in [4.78, 5) is 11.9. The van der Waals surface area contributed by atoms with Crippen molar-refractivity contribution in [1.29, 1.82) is 0 Å². The number of nitrogens with one attached hydrogen (secondary N) is 2. The summed E-state index contributed by atoms with van der Waals surface area (Å²) in [5.41, 5.74) is 0. The lowest BCUT2D eigenvalue weighted by atomic mass is 10.3. The van der Waals surface area contributed by atoms with E-state index in [9.17, 15) is 17.6 Å². The topological polar surface area (TPSA) is 93.7 Å². The van der Waals surface area contributed by atoms with Gasteiger partial charge in [-0.05, 0) is 49.7 Å². The molecule has 0 saturated heterocycles. The zero-order chi connectivity index (χ0) is 21.1. The first-order valence-corrected chi connectivity index (χ1v) is 10.8. The highest BCUT2D eigenvalue weighted by Crippen LogP contribution is 2.16. The van der Waals surface area contributed by atoms with E-state index in [0.29, 0.717) is 25.3 Å². The maximum Gasteiger partial charge on any atom is 0.240 e. The fourth-order valence-corrected chi connectivity index (χ4v) is 3.43. The van der Waals surface area contributed by atoms with Gasteiger partial charge in [0.25, 0.3) is 0 Å². The SMILES string of the molecule is CCOc1ccc(S(=O)(=O)NCCC(=O)NCCCOc2ccccc2F)cc1. The molecule has 29 heavy (non-hydrogen) atoms. The molecule has 0 radical (unpaired) electrons. The number of ether oxygens (including phenoxy) is 2. The van der Waals surface area contributed by atoms with E-state index in [-0.39, 0.29) is 36.1 Å². The van der Waals surface area contributed by atoms with Crippen molar-refractivity contribution in [1.82, 2.24) is 10.0 Å². The molecule has 0 aliphatic heterocycles. The number of hydrogen-bond acceptors (Lipinski definition) is 5. The summed E-state index contributed by atoms with van der Waals surface area (Å²) < 4.78 is 50.8. The van der Waals surface area contributed by atoms with Crippen LogP contribution in [0.15, 0.2) is 53.4 Å². The summed E-state index contributed by atoms with van der Waals surface area (Å²) >= 11 is 0. The van der Waals surface area contributed by atoms with Crippen molar-refractivity contribution in [3.63, 3.8) is 0 Å². The summed E-state index contributed by atoms with van der Waals surface area (Å²) in [6.07, 6.45) is 0.502. The Bertz CT molecular complexity index is 888. The number of para-hydroxylation sites is 1. The van der Waals surface area contributed by atoms with Crippen molar-refractivity contribution in [2.24, 2.45) is 0 Å². The molecule has 9 heteroatoms. The molecule has 0 atom stereocenters. The number of benzene rings is 2. The second kappa shape index (κ2) is 11.4. The van der Waals surface area contributed by atoms with Crippen LogP contribution in [0.4, 0.5) is 4.39 Å². The van der Waals surface area contributed by atoms with Gasteiger partial charge in [0.05, 0.1) is 18.1 Å². The Kier molecular flexibility index (Phi) is 8.88. The van der Waals surface area contributed by atoms with Gasteiger partial charge in [0.2, 0.25) is 15.9 Å². The van der Waals surface area contributed by atoms with Gasteiger partial charge in [-0.15, -0.1) is 0 Å². The Hall–Kier alpha value is -2.65. The molecule has 0 fully saturated rings. The lowest BCUT2D eigenvalue weighted by Gasteiger charge is -2.09. The number of rotatable bonds is 12. The smallest absolute Gasteiger partial charge is 0.240 e. The Labute approximate surface area is 170 Å². The van der Waals surface area contributed by atoms with Gasteiger partial charge in [0.1, 0.15) is 5.75 Å². The summed E-state index contributed by atoms with van der Waals surface area (Å²) in [7, 11) is -3.69. The average molecular weight is 424 g/mol. The predicted molar refractivity (Wildman–Crippen MR) is 107 cm³/mol. The largest absolute Gasteiger partial charge is 0.494 e. The monoisotopic (exact) mass is 424 g/mol. The molecular formula is C20H25FN2O5S. The number of carbonyl (C=O) groups excluding carboxylic acids is 1. The molecule has 0 saturated carbocycles. The fraction of sp³-hybridized carbons (Fsp3) is 0.350. The lowest BCUT2D eigenvalue weighted by molar-refractivity contribution is -0.120. The third-order valence-electron chi connectivity index (χ3n) is 3.83. The zero-order valence-corrected chi connectivity index (χ0v) is 17.0. The molecular weight excluding hydrogens is 399 g/mol. The fourth-order valence-electron chi connectivity index (χ4n) is 2.40. The van der Waals surface area contributed by atoms with Crippen molar-refractivity contribution in [2.75, 3.05) is 26.3 Å². The molecule has 0 spiro atoms. The lowest BCUT2D eigenvalue weighted by Crippen LogP contribution is -2.31. The van der Waals surface area contributed by atoms with Crippen LogP contribution in [0, 0.1) is 5.82 Å². The molecule has 0 unspecified atom stereocenters. The molecule has 0 heterocycles. The van der Waals surface area contributed by atoms with Crippen molar-refractivity contribution in [3.05, 3.63) is 54.3 Å². The van der Waals surface area contributed by atoms with Crippen molar-refractivity contribution >= 4 is 15.9 Å². The minimum atomic E-state index is -3.69. The molecule has 2 aromatic rings. The first kappa shape index (κ1) is 22.6. The quantitative estimate of drug-likeness (QED) is 0.511. The van der Waals surface area contributed by atoms with Gasteiger partial charge in [-0.1, -0.05) is 12.1 Å². The van der Waals surface area contributed by atoms with Gasteiger partial charge in [-0.3, -0.25) is 4.79 Å². The molecule has 0 bridgehead atoms. The highest BCUT2D eigenvalue weighted by Gasteiger charge is 2.14. The zero-order valence-electron chi connectivity index (χ0n) is 16.2. The second-order valence-corrected chi connectivity index (χ2v) is 7.80. The standard InChI is InChI=1S/C20H25FN2O5S/c1-2-27-16-8-10-17(11-9-16)29(25,26)23-14-12-20(24)22-13-5-15-28-19-7-4-3-6-18(19)21/h3-4,6-11,23H,2,5,12-15H2,1H3,(H,22,24). The second-order valence-electron chi connectivity index (χ2n) is 6.03. The number of sulfonamides is 1. The minimum absolute atomic E-state index is 0.00439. The van der Waals surface area contributed by atoms with Gasteiger partial charge in [0, 0.05) is 19.5 Å². The normalized spacial score (nSPS) is 11.1. The Morgan fingerprint density at radius 2 is 1.76 bits per heavy atom. The summed E-state index contributed by atoms with van der Waals surface area (Å²) in [6, 6.07) is 12.1. The molecule has 2 rings (SSSR count). The van der Waals surface area contributed by atoms with Crippen LogP contribution in [0.1, 0.15) is 19.8 Å². The van der Waals surface area contributed by atoms with Gasteiger partial charge in [-0.25, -0.2) is 17.5 Å². The molecule has 2 aromatic carbocycles. The van der Waals surface area contributed by atoms with E-state index < -0.39 is 15.8 Å². The third-order valence-corrected chi connectivity index (χ3v) is 5.30. The number of carbonyl (C=O) groups is 1. The van der Waals surface area contributed by atoms with E-state index in [1.807, 2.05) is 6.92 Å². The summed E-state index contributed by atoms with van der Waals surface area (Å²) in [5.74, 6) is 0.0361. The highest BCUT2D eigenvalue weighted by atomic mass is 32.2. The molecule has 0 aromatic heterocycles. The van der Waals surface area contributed by atoms with Crippen LogP contribution in [-0.2, 0) is 14.8 Å². The minimum Gasteiger partial charge on any atom is -0.494 e. The predicted octanol–water partition coefficient (Wildman–Crippen LogP) is 2.48. The number of halogens is 1. The van der Waals surface area contributed by atoms with Crippen LogP contribution in [0.5, 0.6) is 11.5 Å². The van der Waals surface area contributed by atoms with Crippen molar-refractivity contribution in [2.45, 2.75) is 24.7 Å². The molecule has 7 nitrogen and oxygen atoms in total. The maximum absolute atomic E-state index is 13.4. The van der Waals surface area contributed by atoms with Crippen LogP contribution < -0.4 is 19.5 Å². The molecule has 0 aliphatic carbocycles. The van der Waals surface area contributed by atoms with E-state index >= 15 is 0 Å². The van der Waals surface area contributed by atoms with E-state index in [2.05, 4.69) is 10.0 Å². The number of amides is 1. The maximum atomic E-state index is 13.4. The van der Waals surface area contributed by atoms with E-state index in [0.717, 1.165) is 0 Å². The summed E-state index contributed by atoms with van der Waals surface area (Å²) in [5, 5.41) is 2.67. The Balaban J connectivity index is 1.64. The first-order chi connectivity index (χ1) is 13.9. The van der Waals surface area contributed by atoms with Gasteiger partial charge in [0.15, 0.2) is 11.6 Å². The molecule has 158 valence electrons. The Morgan fingerprint density at radius 1 is 1.03 bits per heavy atom. The third kappa shape index (κ3) is 7.71. The van der Waals surface area contributed by atoms with Crippen LogP contribution >= 0.6 is 0 Å². The molecule has 2 N–H and O–H groups in total. The molecule has 0 aliphatic rings. The van der Waals surface area contributed by atoms with Gasteiger partial charge >= 0.3 is 0 Å². The van der Waals surface area contributed by atoms with Crippen LogP contribution in [0.3, 0.4) is 0 Å². The van der Waals surface area contributed by atoms with Crippen LogP contribution in [0.2, 0.25) is 0 Å². The Morgan fingerprint density at radius 3 is 2.45 bits per heavy atom. The summed E-state index contributed by atoms with van der Waals surface area (Å²) in [6.45, 7) is 2.92. The van der Waals surface area contributed by atoms with Gasteiger partial charge < -0.3 is 14.8 Å². The van der Waals surface area contributed by atoms with E-state index in [4.69, 9.17) is 9.47 Å². The van der Waals surface area contributed by atoms with Crippen LogP contribution in [0.25, 0.3) is 0 Å². The highest BCUT2D eigenvalue weighted by molar-refractivity contribution is 7.89. The van der Waals surface area contributed by atoms with E-state index in [1.165, 1.54) is 24.3 Å². The van der Waals surface area contributed by atoms with E-state index in [1.54, 1.807) is 24.3 Å². The molecule has 1 amide bonds. The first-order valence-electron chi connectivity index (χ1n) is 9.29. The average Bonchev–Trinajstić information content (AvgIpc) is 2.69. The number of hydrogen-bond donors (Lipinski definition) is 2. The van der Waals surface area contributed by atoms with Gasteiger partial charge in [-0.2, -0.15) is 0 Å². The van der Waals surface area contributed by atoms with Crippen molar-refractivity contribution < 1.29 is 27.1 Å². The van der Waals surface area contributed by atoms with Crippen molar-refractivity contribution in [3.8, 4) is 11.5 Å². The van der Waals surface area contributed by atoms with Crippen LogP contribution in [-0.4, -0.2) is 40.6 Å².